The van der Waals surface area contributed by atoms with Gasteiger partial charge in [0.2, 0.25) is 0 Å². The highest BCUT2D eigenvalue weighted by molar-refractivity contribution is 5.93. The van der Waals surface area contributed by atoms with Crippen LogP contribution in [-0.4, -0.2) is 58.4 Å². The lowest BCUT2D eigenvalue weighted by Crippen LogP contribution is -2.33. The first kappa shape index (κ1) is 17.6. The molecule has 0 aliphatic carbocycles. The molecule has 1 aromatic carbocycles. The maximum absolute atomic E-state index is 12.2. The molecular weight excluding hydrogens is 316 g/mol. The number of aliphatic hydroxyl groups is 1. The van der Waals surface area contributed by atoms with Gasteiger partial charge in [-0.15, -0.1) is 0 Å². The van der Waals surface area contributed by atoms with Gasteiger partial charge in [0.25, 0.3) is 5.91 Å². The molecule has 0 spiro atoms. The molecule has 1 fully saturated rings. The van der Waals surface area contributed by atoms with Crippen molar-refractivity contribution < 1.29 is 9.90 Å². The van der Waals surface area contributed by atoms with E-state index in [0.29, 0.717) is 18.3 Å². The molecule has 1 saturated heterocycles. The number of H-pyrrole nitrogens is 1. The van der Waals surface area contributed by atoms with Gasteiger partial charge < -0.3 is 10.4 Å². The van der Waals surface area contributed by atoms with Crippen molar-refractivity contribution in [2.45, 2.75) is 31.7 Å². The molecule has 0 bridgehead atoms. The molecule has 6 heteroatoms. The summed E-state index contributed by atoms with van der Waals surface area (Å²) in [6.07, 6.45) is 4.22. The van der Waals surface area contributed by atoms with E-state index in [1.807, 2.05) is 30.3 Å². The monoisotopic (exact) mass is 342 g/mol. The Bertz CT molecular complexity index is 671. The Kier molecular flexibility index (Phi) is 6.19. The average molecular weight is 342 g/mol. The molecule has 1 atom stereocenters. The third-order valence-corrected chi connectivity index (χ3v) is 4.76. The fourth-order valence-corrected chi connectivity index (χ4v) is 3.33. The number of nitrogens with zero attached hydrogens (tertiary/aromatic N) is 2. The highest BCUT2D eigenvalue weighted by Crippen LogP contribution is 2.17. The van der Waals surface area contributed by atoms with Crippen molar-refractivity contribution in [3.8, 4) is 11.3 Å². The largest absolute Gasteiger partial charge is 0.395 e. The second-order valence-corrected chi connectivity index (χ2v) is 6.51. The minimum absolute atomic E-state index is 0.121. The Morgan fingerprint density at radius 1 is 1.32 bits per heavy atom. The second kappa shape index (κ2) is 8.78. The molecule has 3 rings (SSSR count). The van der Waals surface area contributed by atoms with Crippen molar-refractivity contribution in [2.24, 2.45) is 0 Å². The van der Waals surface area contributed by atoms with E-state index in [9.17, 15) is 9.90 Å². The number of aliphatic hydroxyl groups excluding tert-OH is 1. The molecular formula is C19H26N4O2. The standard InChI is InChI=1S/C19H26N4O2/c24-14-16-9-6-12-23(16)11-5-4-10-20-19(25)18-13-17(21-22-18)15-7-2-1-3-8-15/h1-3,7-8,13,16,24H,4-6,9-12,14H2,(H,20,25)(H,21,22). The number of rotatable bonds is 8. The van der Waals surface area contributed by atoms with Gasteiger partial charge in [-0.05, 0) is 44.8 Å². The van der Waals surface area contributed by atoms with E-state index in [1.54, 1.807) is 6.07 Å². The van der Waals surface area contributed by atoms with Gasteiger partial charge >= 0.3 is 0 Å². The molecule has 2 heterocycles. The molecule has 1 aromatic heterocycles. The van der Waals surface area contributed by atoms with Gasteiger partial charge in [-0.25, -0.2) is 0 Å². The van der Waals surface area contributed by atoms with E-state index in [0.717, 1.165) is 43.6 Å². The predicted octanol–water partition coefficient (Wildman–Crippen LogP) is 2.04. The fraction of sp³-hybridized carbons (Fsp3) is 0.474. The molecule has 134 valence electrons. The normalized spacial score (nSPS) is 17.7. The summed E-state index contributed by atoms with van der Waals surface area (Å²) in [6, 6.07) is 11.9. The number of amides is 1. The molecule has 1 aliphatic rings. The van der Waals surface area contributed by atoms with Crippen molar-refractivity contribution in [1.29, 1.82) is 0 Å². The quantitative estimate of drug-likeness (QED) is 0.641. The van der Waals surface area contributed by atoms with Gasteiger partial charge in [0.05, 0.1) is 12.3 Å². The van der Waals surface area contributed by atoms with Gasteiger partial charge in [-0.3, -0.25) is 14.8 Å². The SMILES string of the molecule is O=C(NCCCCN1CCCC1CO)c1cc(-c2ccccc2)n[nH]1. The second-order valence-electron chi connectivity index (χ2n) is 6.51. The van der Waals surface area contributed by atoms with Crippen molar-refractivity contribution in [1.82, 2.24) is 20.4 Å². The van der Waals surface area contributed by atoms with Gasteiger partial charge in [0, 0.05) is 18.2 Å². The summed E-state index contributed by atoms with van der Waals surface area (Å²) in [6.45, 7) is 2.97. The van der Waals surface area contributed by atoms with E-state index < -0.39 is 0 Å². The highest BCUT2D eigenvalue weighted by atomic mass is 16.3. The zero-order valence-electron chi connectivity index (χ0n) is 14.4. The van der Waals surface area contributed by atoms with Crippen LogP contribution in [0.25, 0.3) is 11.3 Å². The number of aromatic amines is 1. The van der Waals surface area contributed by atoms with Crippen molar-refractivity contribution in [3.63, 3.8) is 0 Å². The van der Waals surface area contributed by atoms with Gasteiger partial charge in [-0.2, -0.15) is 5.10 Å². The molecule has 25 heavy (non-hydrogen) atoms. The number of carbonyl (C=O) groups is 1. The Morgan fingerprint density at radius 2 is 2.16 bits per heavy atom. The summed E-state index contributed by atoms with van der Waals surface area (Å²) in [5.74, 6) is -0.121. The third kappa shape index (κ3) is 4.67. The summed E-state index contributed by atoms with van der Waals surface area (Å²) < 4.78 is 0. The fourth-order valence-electron chi connectivity index (χ4n) is 3.33. The number of unbranched alkanes of at least 4 members (excludes halogenated alkanes) is 1. The summed E-state index contributed by atoms with van der Waals surface area (Å²) >= 11 is 0. The summed E-state index contributed by atoms with van der Waals surface area (Å²) in [4.78, 5) is 14.5. The lowest BCUT2D eigenvalue weighted by molar-refractivity contribution is 0.0947. The first-order valence-electron chi connectivity index (χ1n) is 9.02. The van der Waals surface area contributed by atoms with Gasteiger partial charge in [-0.1, -0.05) is 30.3 Å². The first-order chi connectivity index (χ1) is 12.3. The molecule has 1 aliphatic heterocycles. The topological polar surface area (TPSA) is 81.2 Å². The predicted molar refractivity (Wildman–Crippen MR) is 97.3 cm³/mol. The number of benzene rings is 1. The van der Waals surface area contributed by atoms with Crippen LogP contribution in [0.15, 0.2) is 36.4 Å². The van der Waals surface area contributed by atoms with Crippen LogP contribution in [-0.2, 0) is 0 Å². The van der Waals surface area contributed by atoms with E-state index in [2.05, 4.69) is 20.4 Å². The van der Waals surface area contributed by atoms with Crippen LogP contribution in [0.1, 0.15) is 36.2 Å². The Morgan fingerprint density at radius 3 is 2.96 bits per heavy atom. The Labute approximate surface area is 148 Å². The number of hydrogen-bond acceptors (Lipinski definition) is 4. The molecule has 6 nitrogen and oxygen atoms in total. The lowest BCUT2D eigenvalue weighted by atomic mass is 10.1. The maximum Gasteiger partial charge on any atom is 0.269 e. The smallest absolute Gasteiger partial charge is 0.269 e. The van der Waals surface area contributed by atoms with E-state index in [1.165, 1.54) is 6.42 Å². The first-order valence-corrected chi connectivity index (χ1v) is 9.02. The lowest BCUT2D eigenvalue weighted by Gasteiger charge is -2.22. The molecule has 1 unspecified atom stereocenters. The van der Waals surface area contributed by atoms with Crippen LogP contribution in [0.2, 0.25) is 0 Å². The van der Waals surface area contributed by atoms with E-state index >= 15 is 0 Å². The maximum atomic E-state index is 12.2. The average Bonchev–Trinajstić information content (AvgIpc) is 3.31. The van der Waals surface area contributed by atoms with Crippen molar-refractivity contribution >= 4 is 5.91 Å². The molecule has 3 N–H and O–H groups in total. The van der Waals surface area contributed by atoms with E-state index in [4.69, 9.17) is 0 Å². The summed E-state index contributed by atoms with van der Waals surface area (Å²) in [5.41, 5.74) is 2.25. The van der Waals surface area contributed by atoms with Crippen molar-refractivity contribution in [2.75, 3.05) is 26.2 Å². The van der Waals surface area contributed by atoms with Crippen LogP contribution in [0.4, 0.5) is 0 Å². The number of aromatic nitrogens is 2. The Balaban J connectivity index is 1.39. The van der Waals surface area contributed by atoms with Crippen molar-refractivity contribution in [3.05, 3.63) is 42.1 Å². The zero-order chi connectivity index (χ0) is 17.5. The van der Waals surface area contributed by atoms with Gasteiger partial charge in [0.1, 0.15) is 5.69 Å². The Hall–Kier alpha value is -2.18. The van der Waals surface area contributed by atoms with Crippen LogP contribution >= 0.6 is 0 Å². The minimum atomic E-state index is -0.121. The van der Waals surface area contributed by atoms with E-state index in [-0.39, 0.29) is 12.5 Å². The molecule has 1 amide bonds. The number of hydrogen-bond donors (Lipinski definition) is 3. The minimum Gasteiger partial charge on any atom is -0.395 e. The number of carbonyl (C=O) groups excluding carboxylic acids is 1. The highest BCUT2D eigenvalue weighted by Gasteiger charge is 2.22. The number of likely N-dealkylation sites (tertiary alicyclic amines) is 1. The van der Waals surface area contributed by atoms with Crippen LogP contribution in [0.3, 0.4) is 0 Å². The molecule has 0 saturated carbocycles. The molecule has 0 radical (unpaired) electrons. The van der Waals surface area contributed by atoms with Gasteiger partial charge in [0.15, 0.2) is 0 Å². The van der Waals surface area contributed by atoms with Crippen LogP contribution < -0.4 is 5.32 Å². The zero-order valence-corrected chi connectivity index (χ0v) is 14.4. The van der Waals surface area contributed by atoms with Crippen LogP contribution in [0.5, 0.6) is 0 Å². The van der Waals surface area contributed by atoms with Crippen LogP contribution in [0, 0.1) is 0 Å². The summed E-state index contributed by atoms with van der Waals surface area (Å²) in [7, 11) is 0. The number of nitrogens with one attached hydrogen (secondary N) is 2. The third-order valence-electron chi connectivity index (χ3n) is 4.76. The summed E-state index contributed by atoms with van der Waals surface area (Å²) in [5, 5.41) is 19.3. The molecule has 2 aromatic rings.